The fraction of sp³-hybridized carbons (Fsp3) is 0.841. The Morgan fingerprint density at radius 2 is 1.83 bits per heavy atom. The minimum absolute atomic E-state index is 0.0632. The number of carbonyl (C=O) groups excluding carboxylic acids is 1. The zero-order chi connectivity index (χ0) is 38.8. The number of ketones is 1. The number of hydrogen-bond acceptors (Lipinski definition) is 10. The molecule has 5 fully saturated rings. The molecule has 0 radical (unpaired) electrons. The van der Waals surface area contributed by atoms with Gasteiger partial charge in [0.25, 0.3) is 0 Å². The van der Waals surface area contributed by atoms with Crippen LogP contribution in [0.5, 0.6) is 0 Å². The first-order chi connectivity index (χ1) is 25.6. The molecule has 0 aromatic heterocycles. The number of hydrogen-bond donors (Lipinski definition) is 8. The number of rotatable bonds is 11. The van der Waals surface area contributed by atoms with E-state index in [1.54, 1.807) is 13.0 Å². The van der Waals surface area contributed by atoms with Crippen LogP contribution in [0.2, 0.25) is 0 Å². The zero-order valence-electron chi connectivity index (χ0n) is 33.3. The highest BCUT2D eigenvalue weighted by molar-refractivity contribution is 5.95. The molecule has 0 amide bonds. The van der Waals surface area contributed by atoms with E-state index in [1.807, 2.05) is 19.1 Å². The monoisotopic (exact) mass is 755 g/mol. The van der Waals surface area contributed by atoms with Crippen molar-refractivity contribution in [3.05, 3.63) is 35.1 Å². The Hall–Kier alpha value is -1.63. The topological polar surface area (TPSA) is 186 Å². The molecule has 16 atom stereocenters. The zero-order valence-corrected chi connectivity index (χ0v) is 33.3. The van der Waals surface area contributed by atoms with E-state index in [2.05, 4.69) is 19.2 Å². The number of nitrogens with one attached hydrogen (secondary N) is 1. The number of nitrogens with two attached hydrogens (primary N) is 1. The molecule has 9 N–H and O–H groups in total. The number of aliphatic hydroxyl groups is 6. The van der Waals surface area contributed by atoms with Crippen LogP contribution in [0.15, 0.2) is 35.1 Å². The van der Waals surface area contributed by atoms with Crippen molar-refractivity contribution < 1.29 is 40.2 Å². The first-order valence-electron chi connectivity index (χ1n) is 21.5. The lowest BCUT2D eigenvalue weighted by Gasteiger charge is -2.62. The van der Waals surface area contributed by atoms with E-state index in [1.165, 1.54) is 19.3 Å². The molecule has 304 valence electrons. The van der Waals surface area contributed by atoms with Gasteiger partial charge in [-0.2, -0.15) is 0 Å². The minimum atomic E-state index is -1.54. The summed E-state index contributed by atoms with van der Waals surface area (Å²) in [6, 6.07) is 0. The normalized spacial score (nSPS) is 46.4. The van der Waals surface area contributed by atoms with Crippen molar-refractivity contribution in [1.82, 2.24) is 5.32 Å². The molecule has 2 aliphatic heterocycles. The second-order valence-electron chi connectivity index (χ2n) is 19.3. The van der Waals surface area contributed by atoms with Crippen molar-refractivity contribution in [2.75, 3.05) is 6.61 Å². The van der Waals surface area contributed by atoms with E-state index >= 15 is 0 Å². The molecule has 10 nitrogen and oxygen atoms in total. The summed E-state index contributed by atoms with van der Waals surface area (Å²) in [5.41, 5.74) is 4.52. The number of ether oxygens (including phenoxy) is 1. The van der Waals surface area contributed by atoms with E-state index in [0.29, 0.717) is 62.9 Å². The van der Waals surface area contributed by atoms with Crippen LogP contribution in [0, 0.1) is 46.3 Å². The van der Waals surface area contributed by atoms with Crippen LogP contribution < -0.4 is 11.1 Å². The Kier molecular flexibility index (Phi) is 11.5. The predicted octanol–water partition coefficient (Wildman–Crippen LogP) is 4.54. The molecule has 7 rings (SSSR count). The molecule has 0 aromatic rings. The van der Waals surface area contributed by atoms with Gasteiger partial charge in [0.1, 0.15) is 6.10 Å². The fourth-order valence-corrected chi connectivity index (χ4v) is 13.6. The summed E-state index contributed by atoms with van der Waals surface area (Å²) >= 11 is 0. The molecule has 2 heterocycles. The predicted molar refractivity (Wildman–Crippen MR) is 206 cm³/mol. The second kappa shape index (κ2) is 15.3. The van der Waals surface area contributed by atoms with Gasteiger partial charge >= 0.3 is 0 Å². The van der Waals surface area contributed by atoms with E-state index in [-0.39, 0.29) is 49.3 Å². The second-order valence-corrected chi connectivity index (χ2v) is 19.3. The quantitative estimate of drug-likeness (QED) is 0.149. The maximum Gasteiger partial charge on any atom is 0.159 e. The highest BCUT2D eigenvalue weighted by Gasteiger charge is 2.70. The Morgan fingerprint density at radius 3 is 2.57 bits per heavy atom. The van der Waals surface area contributed by atoms with Crippen LogP contribution in [0.3, 0.4) is 0 Å². The van der Waals surface area contributed by atoms with E-state index in [0.717, 1.165) is 36.5 Å². The van der Waals surface area contributed by atoms with Gasteiger partial charge in [0, 0.05) is 23.6 Å². The van der Waals surface area contributed by atoms with E-state index in [9.17, 15) is 35.4 Å². The Morgan fingerprint density at radius 1 is 1.07 bits per heavy atom. The van der Waals surface area contributed by atoms with Gasteiger partial charge in [-0.25, -0.2) is 0 Å². The average Bonchev–Trinajstić information content (AvgIpc) is 3.51. The number of carbonyl (C=O) groups is 1. The minimum Gasteiger partial charge on any atom is -0.396 e. The van der Waals surface area contributed by atoms with Gasteiger partial charge in [-0.15, -0.1) is 0 Å². The van der Waals surface area contributed by atoms with Gasteiger partial charge in [0.15, 0.2) is 5.78 Å². The van der Waals surface area contributed by atoms with Crippen molar-refractivity contribution in [2.24, 2.45) is 52.1 Å². The van der Waals surface area contributed by atoms with Crippen molar-refractivity contribution in [3.8, 4) is 0 Å². The van der Waals surface area contributed by atoms with Crippen LogP contribution in [-0.4, -0.2) is 90.9 Å². The van der Waals surface area contributed by atoms with Gasteiger partial charge < -0.3 is 46.4 Å². The molecule has 0 aromatic carbocycles. The maximum absolute atomic E-state index is 14.3. The number of aliphatic hydroxyl groups excluding tert-OH is 4. The van der Waals surface area contributed by atoms with Gasteiger partial charge in [0.05, 0.1) is 41.8 Å². The van der Waals surface area contributed by atoms with Crippen molar-refractivity contribution >= 4 is 5.78 Å². The molecule has 4 saturated carbocycles. The first kappa shape index (κ1) is 40.6. The van der Waals surface area contributed by atoms with Crippen LogP contribution in [-0.2, 0) is 9.53 Å². The van der Waals surface area contributed by atoms with Gasteiger partial charge in [-0.05, 0) is 149 Å². The van der Waals surface area contributed by atoms with E-state index in [4.69, 9.17) is 10.5 Å². The molecular weight excluding hydrogens is 684 g/mol. The third-order valence-corrected chi connectivity index (χ3v) is 16.6. The largest absolute Gasteiger partial charge is 0.396 e. The maximum atomic E-state index is 14.3. The lowest BCUT2D eigenvalue weighted by Crippen LogP contribution is -2.64. The summed E-state index contributed by atoms with van der Waals surface area (Å²) in [6.45, 7) is 8.27. The SMILES string of the molecule is CCCC1CCC2OC(C(O)C(C)(O)C3CCC4(O)C5=CC(=O)C6CC(O)C(O)CC6(CCC6=C(CCCO)NC(N)C=C6)C5CCC34C)C(C)C2CC1. The molecule has 54 heavy (non-hydrogen) atoms. The van der Waals surface area contributed by atoms with Gasteiger partial charge in [-0.3, -0.25) is 4.79 Å². The average molecular weight is 755 g/mol. The summed E-state index contributed by atoms with van der Waals surface area (Å²) in [5.74, 6) is -0.0337. The number of allylic oxidation sites excluding steroid dienone is 4. The van der Waals surface area contributed by atoms with Crippen LogP contribution in [0.4, 0.5) is 0 Å². The Bertz CT molecular complexity index is 1490. The molecule has 10 heteroatoms. The molecule has 16 unspecified atom stereocenters. The third-order valence-electron chi connectivity index (χ3n) is 16.6. The van der Waals surface area contributed by atoms with Crippen LogP contribution in [0.25, 0.3) is 0 Å². The number of fused-ring (bicyclic) bond motifs is 6. The van der Waals surface area contributed by atoms with E-state index < -0.39 is 58.3 Å². The van der Waals surface area contributed by atoms with Gasteiger partial charge in [0.2, 0.25) is 0 Å². The summed E-state index contributed by atoms with van der Waals surface area (Å²) in [6.07, 6.45) is 13.6. The summed E-state index contributed by atoms with van der Waals surface area (Å²) in [4.78, 5) is 14.3. The summed E-state index contributed by atoms with van der Waals surface area (Å²) < 4.78 is 6.68. The Labute approximate surface area is 322 Å². The third kappa shape index (κ3) is 6.60. The lowest BCUT2D eigenvalue weighted by atomic mass is 9.44. The molecule has 1 saturated heterocycles. The summed E-state index contributed by atoms with van der Waals surface area (Å²) in [7, 11) is 0. The number of dihydropyridines is 1. The Balaban J connectivity index is 1.15. The van der Waals surface area contributed by atoms with Crippen LogP contribution in [0.1, 0.15) is 130 Å². The van der Waals surface area contributed by atoms with Crippen molar-refractivity contribution in [1.29, 1.82) is 0 Å². The fourth-order valence-electron chi connectivity index (χ4n) is 13.6. The lowest BCUT2D eigenvalue weighted by molar-refractivity contribution is -0.199. The van der Waals surface area contributed by atoms with Crippen LogP contribution >= 0.6 is 0 Å². The molecule has 5 aliphatic carbocycles. The highest BCUT2D eigenvalue weighted by Crippen LogP contribution is 2.70. The molecule has 0 bridgehead atoms. The first-order valence-corrected chi connectivity index (χ1v) is 21.5. The molecule has 7 aliphatic rings. The smallest absolute Gasteiger partial charge is 0.159 e. The van der Waals surface area contributed by atoms with Crippen molar-refractivity contribution in [3.63, 3.8) is 0 Å². The molecular formula is C44H70N2O8. The molecule has 0 spiro atoms. The van der Waals surface area contributed by atoms with Gasteiger partial charge in [-0.1, -0.05) is 46.1 Å². The standard InChI is InChI=1S/C44H70N2O8/c1-5-7-26-9-12-28-25(2)39(54-36(28)13-10-26)40(51)42(4,52)37-17-20-44(53)30-22-33(48)31-23-34(49)35(50)24-43(31,29(30)16-18-41(37,44)3)19-15-27-11-14-38(45)46-32(27)8-6-21-47/h11,14,22,25-26,28-29,31,34-40,46-47,49-53H,5-10,12-13,15-21,23-24,45H2,1-4H3. The summed E-state index contributed by atoms with van der Waals surface area (Å²) in [5, 5.41) is 72.8. The van der Waals surface area contributed by atoms with Crippen molar-refractivity contribution in [2.45, 2.75) is 178 Å². The highest BCUT2D eigenvalue weighted by atomic mass is 16.5.